The molecule has 2 aliphatic carbocycles. The van der Waals surface area contributed by atoms with E-state index in [0.29, 0.717) is 0 Å². The van der Waals surface area contributed by atoms with Gasteiger partial charge in [-0.15, -0.1) is 0 Å². The van der Waals surface area contributed by atoms with Crippen molar-refractivity contribution in [3.8, 4) is 0 Å². The molecule has 0 heteroatoms. The molecule has 56 valence electrons. The minimum atomic E-state index is 1.03. The van der Waals surface area contributed by atoms with E-state index in [1.54, 1.807) is 0 Å². The van der Waals surface area contributed by atoms with E-state index in [2.05, 4.69) is 6.42 Å². The molecular weight excluding hydrogens is 120 g/mol. The van der Waals surface area contributed by atoms with Crippen molar-refractivity contribution in [1.82, 2.24) is 0 Å². The zero-order valence-corrected chi connectivity index (χ0v) is 6.68. The highest BCUT2D eigenvalue weighted by Crippen LogP contribution is 2.39. The van der Waals surface area contributed by atoms with Gasteiger partial charge in [0.1, 0.15) is 5.92 Å². The fourth-order valence-electron chi connectivity index (χ4n) is 2.62. The summed E-state index contributed by atoms with van der Waals surface area (Å²) in [7, 11) is 0. The molecule has 2 aliphatic rings. The van der Waals surface area contributed by atoms with E-state index in [1.807, 2.05) is 0 Å². The lowest BCUT2D eigenvalue weighted by Gasteiger charge is -2.29. The summed E-state index contributed by atoms with van der Waals surface area (Å²) in [5.74, 6) is 2.13. The molecule has 0 aromatic rings. The summed E-state index contributed by atoms with van der Waals surface area (Å²) in [5, 5.41) is 0. The quantitative estimate of drug-likeness (QED) is 0.450. The summed E-state index contributed by atoms with van der Waals surface area (Å²) in [5.41, 5.74) is 0. The van der Waals surface area contributed by atoms with Gasteiger partial charge < -0.3 is 0 Å². The number of hydrogen-bond acceptors (Lipinski definition) is 0. The van der Waals surface area contributed by atoms with Gasteiger partial charge in [0.15, 0.2) is 0 Å². The number of hydrogen-bond donors (Lipinski definition) is 0. The van der Waals surface area contributed by atoms with Crippen LogP contribution in [0.2, 0.25) is 0 Å². The Morgan fingerprint density at radius 2 is 1.70 bits per heavy atom. The van der Waals surface area contributed by atoms with Crippen LogP contribution < -0.4 is 0 Å². The van der Waals surface area contributed by atoms with Gasteiger partial charge in [-0.05, 0) is 32.1 Å². The van der Waals surface area contributed by atoms with Crippen LogP contribution >= 0.6 is 0 Å². The van der Waals surface area contributed by atoms with E-state index in [9.17, 15) is 0 Å². The molecule has 0 aromatic carbocycles. The second-order valence-electron chi connectivity index (χ2n) is 3.87. The third-order valence-electron chi connectivity index (χ3n) is 3.22. The Labute approximate surface area is 64.0 Å². The van der Waals surface area contributed by atoms with E-state index in [0.717, 1.165) is 11.8 Å². The Bertz CT molecular complexity index is 80.6. The normalized spacial score (nSPS) is 40.0. The lowest BCUT2D eigenvalue weighted by Crippen LogP contribution is -2.23. The van der Waals surface area contributed by atoms with E-state index in [1.165, 1.54) is 44.9 Å². The second-order valence-corrected chi connectivity index (χ2v) is 3.87. The van der Waals surface area contributed by atoms with Gasteiger partial charge in [0.05, 0.1) is 12.8 Å². The maximum absolute atomic E-state index is 2.59. The summed E-state index contributed by atoms with van der Waals surface area (Å²) in [6, 6.07) is 0. The van der Waals surface area contributed by atoms with E-state index < -0.39 is 0 Å². The summed E-state index contributed by atoms with van der Waals surface area (Å²) in [6.07, 6.45) is 13.0. The topological polar surface area (TPSA) is 0 Å². The molecule has 2 rings (SSSR count). The summed E-state index contributed by atoms with van der Waals surface area (Å²) in [4.78, 5) is 0. The Kier molecular flexibility index (Phi) is 1.88. The predicted octanol–water partition coefficient (Wildman–Crippen LogP) is 3.18. The van der Waals surface area contributed by atoms with Crippen molar-refractivity contribution >= 4 is 0 Å². The maximum atomic E-state index is 2.59. The van der Waals surface area contributed by atoms with Crippen LogP contribution in [0.25, 0.3) is 0 Å². The van der Waals surface area contributed by atoms with Gasteiger partial charge in [0.25, 0.3) is 0 Å². The van der Waals surface area contributed by atoms with Crippen LogP contribution in [-0.2, 0) is 0 Å². The van der Waals surface area contributed by atoms with Crippen LogP contribution in [-0.4, -0.2) is 0 Å². The summed E-state index contributed by atoms with van der Waals surface area (Å²) in [6.45, 7) is 0. The second kappa shape index (κ2) is 2.86. The molecule has 2 saturated carbocycles. The van der Waals surface area contributed by atoms with Crippen molar-refractivity contribution in [3.63, 3.8) is 0 Å². The first kappa shape index (κ1) is 6.57. The fraction of sp³-hybridized carbons (Fsp3) is 0.900. The molecule has 2 fully saturated rings. The number of fused-ring (bicyclic) bond motifs is 1. The minimum absolute atomic E-state index is 1.03. The molecule has 0 aliphatic heterocycles. The zero-order valence-electron chi connectivity index (χ0n) is 6.68. The van der Waals surface area contributed by atoms with Crippen molar-refractivity contribution in [3.05, 3.63) is 6.42 Å². The largest absolute Gasteiger partial charge is 0.101 e. The smallest absolute Gasteiger partial charge is 0.0527 e. The molecule has 0 nitrogen and oxygen atoms in total. The first-order valence-corrected chi connectivity index (χ1v) is 4.80. The predicted molar refractivity (Wildman–Crippen MR) is 43.6 cm³/mol. The van der Waals surface area contributed by atoms with E-state index in [-0.39, 0.29) is 0 Å². The van der Waals surface area contributed by atoms with Gasteiger partial charge in [-0.25, -0.2) is 0 Å². The molecule has 10 heavy (non-hydrogen) atoms. The fourth-order valence-corrected chi connectivity index (χ4v) is 2.62. The third kappa shape index (κ3) is 1.16. The van der Waals surface area contributed by atoms with Gasteiger partial charge in [-0.3, -0.25) is 0 Å². The molecule has 0 heterocycles. The Morgan fingerprint density at radius 3 is 2.60 bits per heavy atom. The first-order valence-electron chi connectivity index (χ1n) is 4.80. The highest BCUT2D eigenvalue weighted by Gasteiger charge is 2.33. The Hall–Kier alpha value is -0.130. The monoisotopic (exact) mass is 137 g/mol. The molecule has 2 unspecified atom stereocenters. The number of rotatable bonds is 0. The first-order chi connectivity index (χ1) is 4.97. The van der Waals surface area contributed by atoms with Crippen LogP contribution in [0.15, 0.2) is 0 Å². The molecule has 0 N–H and O–H groups in total. The van der Waals surface area contributed by atoms with E-state index in [4.69, 9.17) is 0 Å². The lowest BCUT2D eigenvalue weighted by molar-refractivity contribution is 0.218. The molecule has 0 radical (unpaired) electrons. The van der Waals surface area contributed by atoms with Gasteiger partial charge >= 0.3 is 0 Å². The van der Waals surface area contributed by atoms with Crippen molar-refractivity contribution in [2.24, 2.45) is 11.8 Å². The van der Waals surface area contributed by atoms with Gasteiger partial charge in [-0.2, -0.15) is 0 Å². The minimum Gasteiger partial charge on any atom is -0.0527 e. The molecular formula is C10H17+. The SMILES string of the molecule is [CH+]1CCCC2CCCCC12. The zero-order chi connectivity index (χ0) is 6.81. The summed E-state index contributed by atoms with van der Waals surface area (Å²) >= 11 is 0. The molecule has 0 spiro atoms. The van der Waals surface area contributed by atoms with Crippen molar-refractivity contribution in [2.75, 3.05) is 0 Å². The van der Waals surface area contributed by atoms with Crippen LogP contribution in [0, 0.1) is 18.3 Å². The van der Waals surface area contributed by atoms with Crippen molar-refractivity contribution in [2.45, 2.75) is 44.9 Å². The Balaban J connectivity index is 1.93. The molecule has 0 bridgehead atoms. The van der Waals surface area contributed by atoms with Gasteiger partial charge in [0.2, 0.25) is 0 Å². The molecule has 0 amide bonds. The molecule has 2 atom stereocenters. The van der Waals surface area contributed by atoms with Crippen molar-refractivity contribution in [1.29, 1.82) is 0 Å². The third-order valence-corrected chi connectivity index (χ3v) is 3.22. The standard InChI is InChI=1S/C10H17/c1-2-6-10-8-4-3-7-9(10)5-1/h5,9-10H,1-4,6-8H2/q+1. The maximum Gasteiger partial charge on any atom is 0.101 e. The Morgan fingerprint density at radius 1 is 0.900 bits per heavy atom. The van der Waals surface area contributed by atoms with Crippen LogP contribution in [0.1, 0.15) is 44.9 Å². The highest BCUT2D eigenvalue weighted by atomic mass is 14.3. The van der Waals surface area contributed by atoms with E-state index >= 15 is 0 Å². The van der Waals surface area contributed by atoms with Crippen LogP contribution in [0.4, 0.5) is 0 Å². The van der Waals surface area contributed by atoms with Gasteiger partial charge in [0, 0.05) is 5.92 Å². The molecule has 0 saturated heterocycles. The van der Waals surface area contributed by atoms with Crippen LogP contribution in [0.5, 0.6) is 0 Å². The molecule has 0 aromatic heterocycles. The summed E-state index contributed by atoms with van der Waals surface area (Å²) < 4.78 is 0. The van der Waals surface area contributed by atoms with Gasteiger partial charge in [-0.1, -0.05) is 6.42 Å². The average molecular weight is 137 g/mol. The highest BCUT2D eigenvalue weighted by molar-refractivity contribution is 4.89. The average Bonchev–Trinajstić information content (AvgIpc) is 2.05. The van der Waals surface area contributed by atoms with Crippen LogP contribution in [0.3, 0.4) is 0 Å². The van der Waals surface area contributed by atoms with Crippen molar-refractivity contribution < 1.29 is 0 Å². The lowest BCUT2D eigenvalue weighted by atomic mass is 9.71.